The molecular weight excluding hydrogens is 260 g/mol. The lowest BCUT2D eigenvalue weighted by Gasteiger charge is -2.34. The van der Waals surface area contributed by atoms with Crippen LogP contribution in [0.1, 0.15) is 31.1 Å². The van der Waals surface area contributed by atoms with E-state index in [-0.39, 0.29) is 5.69 Å². The molecule has 6 nitrogen and oxygen atoms in total. The molecule has 0 aromatic carbocycles. The molecule has 1 aliphatic heterocycles. The van der Waals surface area contributed by atoms with E-state index in [4.69, 9.17) is 4.74 Å². The highest BCUT2D eigenvalue weighted by Crippen LogP contribution is 2.23. The number of methoxy groups -OCH3 is 1. The molecule has 0 spiro atoms. The number of carbonyl (C=O) groups excluding carboxylic acids is 1. The van der Waals surface area contributed by atoms with Crippen molar-refractivity contribution in [1.82, 2.24) is 4.90 Å². The van der Waals surface area contributed by atoms with E-state index in [2.05, 4.69) is 0 Å². The lowest BCUT2D eigenvalue weighted by atomic mass is 10.0. The van der Waals surface area contributed by atoms with Gasteiger partial charge in [-0.1, -0.05) is 6.42 Å². The van der Waals surface area contributed by atoms with Crippen LogP contribution < -0.4 is 4.73 Å². The van der Waals surface area contributed by atoms with E-state index in [1.165, 1.54) is 19.4 Å². The first-order valence-corrected chi connectivity index (χ1v) is 6.83. The summed E-state index contributed by atoms with van der Waals surface area (Å²) in [5.41, 5.74) is 0.161. The van der Waals surface area contributed by atoms with E-state index in [9.17, 15) is 15.1 Å². The molecule has 2 rings (SSSR count). The summed E-state index contributed by atoms with van der Waals surface area (Å²) in [5, 5.41) is 22.2. The van der Waals surface area contributed by atoms with Gasteiger partial charge in [0.25, 0.3) is 0 Å². The Morgan fingerprint density at radius 2 is 2.10 bits per heavy atom. The molecule has 1 saturated heterocycles. The Labute approximate surface area is 118 Å². The average Bonchev–Trinajstić information content (AvgIpc) is 2.48. The predicted octanol–water partition coefficient (Wildman–Crippen LogP) is 0.381. The van der Waals surface area contributed by atoms with Crippen molar-refractivity contribution >= 4 is 5.97 Å². The van der Waals surface area contributed by atoms with Crippen LogP contribution in [0.5, 0.6) is 0 Å². The molecule has 110 valence electrons. The Hall–Kier alpha value is -1.66. The zero-order chi connectivity index (χ0) is 14.5. The Morgan fingerprint density at radius 3 is 2.70 bits per heavy atom. The highest BCUT2D eigenvalue weighted by Gasteiger charge is 2.38. The van der Waals surface area contributed by atoms with Crippen molar-refractivity contribution < 1.29 is 19.4 Å². The number of hydrogen-bond acceptors (Lipinski definition) is 5. The maximum atomic E-state index is 12.0. The van der Waals surface area contributed by atoms with E-state index in [1.54, 1.807) is 12.1 Å². The minimum Gasteiger partial charge on any atom is -0.618 e. The maximum Gasteiger partial charge on any atom is 0.326 e. The second-order valence-corrected chi connectivity index (χ2v) is 4.96. The number of ether oxygens (including phenoxy) is 1. The van der Waals surface area contributed by atoms with E-state index >= 15 is 0 Å². The van der Waals surface area contributed by atoms with Crippen molar-refractivity contribution in [2.45, 2.75) is 31.4 Å². The standard InChI is InChI=1S/C14H20N2O4/c1-20-14(18)12(15-8-4-2-5-9-15)13(17)11-7-3-6-10-16(11)19/h3,6-7,10,12-13,17H,2,4-5,8-9H2,1H3/t12-,13-/m0/s1. The summed E-state index contributed by atoms with van der Waals surface area (Å²) in [6.45, 7) is 1.45. The minimum absolute atomic E-state index is 0.161. The van der Waals surface area contributed by atoms with Crippen LogP contribution in [-0.2, 0) is 9.53 Å². The van der Waals surface area contributed by atoms with Gasteiger partial charge in [0.05, 0.1) is 7.11 Å². The summed E-state index contributed by atoms with van der Waals surface area (Å²) in [4.78, 5) is 13.9. The Morgan fingerprint density at radius 1 is 1.40 bits per heavy atom. The molecule has 0 amide bonds. The van der Waals surface area contributed by atoms with Crippen LogP contribution in [0.3, 0.4) is 0 Å². The molecule has 0 aliphatic carbocycles. The maximum absolute atomic E-state index is 12.0. The van der Waals surface area contributed by atoms with Gasteiger partial charge in [-0.25, -0.2) is 0 Å². The third-order valence-electron chi connectivity index (χ3n) is 3.68. The summed E-state index contributed by atoms with van der Waals surface area (Å²) in [5.74, 6) is -0.511. The molecule has 2 heterocycles. The van der Waals surface area contributed by atoms with Crippen LogP contribution in [0.25, 0.3) is 0 Å². The summed E-state index contributed by atoms with van der Waals surface area (Å²) in [7, 11) is 1.29. The van der Waals surface area contributed by atoms with Crippen molar-refractivity contribution in [2.24, 2.45) is 0 Å². The van der Waals surface area contributed by atoms with Gasteiger partial charge in [-0.15, -0.1) is 0 Å². The summed E-state index contributed by atoms with van der Waals surface area (Å²) >= 11 is 0. The normalized spacial score (nSPS) is 19.3. The summed E-state index contributed by atoms with van der Waals surface area (Å²) in [6, 6.07) is 3.94. The van der Waals surface area contributed by atoms with Gasteiger partial charge in [-0.3, -0.25) is 9.69 Å². The molecule has 20 heavy (non-hydrogen) atoms. The van der Waals surface area contributed by atoms with Crippen LogP contribution >= 0.6 is 0 Å². The van der Waals surface area contributed by atoms with Crippen LogP contribution in [-0.4, -0.2) is 42.2 Å². The van der Waals surface area contributed by atoms with Gasteiger partial charge < -0.3 is 15.1 Å². The van der Waals surface area contributed by atoms with E-state index in [0.29, 0.717) is 4.73 Å². The number of likely N-dealkylation sites (tertiary alicyclic amines) is 1. The quantitative estimate of drug-likeness (QED) is 0.490. The highest BCUT2D eigenvalue weighted by atomic mass is 16.5. The van der Waals surface area contributed by atoms with E-state index < -0.39 is 18.1 Å². The van der Waals surface area contributed by atoms with Gasteiger partial charge in [0.15, 0.2) is 12.3 Å². The number of rotatable bonds is 4. The van der Waals surface area contributed by atoms with Gasteiger partial charge in [-0.05, 0) is 32.0 Å². The van der Waals surface area contributed by atoms with Crippen molar-refractivity contribution in [3.8, 4) is 0 Å². The number of hydrogen-bond donors (Lipinski definition) is 1. The molecule has 0 bridgehead atoms. The van der Waals surface area contributed by atoms with Gasteiger partial charge in [0.1, 0.15) is 6.04 Å². The number of nitrogens with zero attached hydrogens (tertiary/aromatic N) is 2. The molecule has 1 N–H and O–H groups in total. The zero-order valence-electron chi connectivity index (χ0n) is 11.6. The van der Waals surface area contributed by atoms with Gasteiger partial charge in [0.2, 0.25) is 5.69 Å². The highest BCUT2D eigenvalue weighted by molar-refractivity contribution is 5.76. The average molecular weight is 280 g/mol. The lowest BCUT2D eigenvalue weighted by molar-refractivity contribution is -0.619. The van der Waals surface area contributed by atoms with Gasteiger partial charge >= 0.3 is 5.97 Å². The molecule has 0 unspecified atom stereocenters. The number of piperidine rings is 1. The van der Waals surface area contributed by atoms with Crippen molar-refractivity contribution in [2.75, 3.05) is 20.2 Å². The molecule has 0 radical (unpaired) electrons. The minimum atomic E-state index is -1.20. The van der Waals surface area contributed by atoms with E-state index in [0.717, 1.165) is 32.4 Å². The monoisotopic (exact) mass is 280 g/mol. The number of aromatic nitrogens is 1. The Balaban J connectivity index is 2.26. The molecule has 1 fully saturated rings. The molecule has 0 saturated carbocycles. The van der Waals surface area contributed by atoms with Crippen molar-refractivity contribution in [1.29, 1.82) is 0 Å². The first-order chi connectivity index (χ1) is 9.65. The summed E-state index contributed by atoms with van der Waals surface area (Å²) in [6.07, 6.45) is 3.19. The number of aliphatic hydroxyl groups excluding tert-OH is 1. The van der Waals surface area contributed by atoms with Crippen molar-refractivity contribution in [3.05, 3.63) is 35.3 Å². The van der Waals surface area contributed by atoms with Crippen molar-refractivity contribution in [3.63, 3.8) is 0 Å². The summed E-state index contributed by atoms with van der Waals surface area (Å²) < 4.78 is 5.38. The second-order valence-electron chi connectivity index (χ2n) is 4.96. The molecule has 1 aliphatic rings. The number of carbonyl (C=O) groups is 1. The van der Waals surface area contributed by atoms with E-state index in [1.807, 2.05) is 4.90 Å². The second kappa shape index (κ2) is 6.67. The molecule has 1 aromatic heterocycles. The smallest absolute Gasteiger partial charge is 0.326 e. The fourth-order valence-electron chi connectivity index (χ4n) is 2.63. The first-order valence-electron chi connectivity index (χ1n) is 6.83. The molecule has 1 aromatic rings. The van der Waals surface area contributed by atoms with Crippen LogP contribution in [0, 0.1) is 5.21 Å². The van der Waals surface area contributed by atoms with Crippen LogP contribution in [0.4, 0.5) is 0 Å². The molecule has 2 atom stereocenters. The molecule has 6 heteroatoms. The topological polar surface area (TPSA) is 76.7 Å². The lowest BCUT2D eigenvalue weighted by Crippen LogP contribution is -2.50. The largest absolute Gasteiger partial charge is 0.618 e. The van der Waals surface area contributed by atoms with Crippen LogP contribution in [0.15, 0.2) is 24.4 Å². The SMILES string of the molecule is COC(=O)[C@H]([C@@H](O)c1cccc[n+]1[O-])N1CCCCC1. The fourth-order valence-corrected chi connectivity index (χ4v) is 2.63. The third kappa shape index (κ3) is 3.08. The number of esters is 1. The van der Waals surface area contributed by atoms with Gasteiger partial charge in [-0.2, -0.15) is 4.73 Å². The fraction of sp³-hybridized carbons (Fsp3) is 0.571. The Kier molecular flexibility index (Phi) is 4.92. The first kappa shape index (κ1) is 14.7. The third-order valence-corrected chi connectivity index (χ3v) is 3.68. The Bertz CT molecular complexity index is 460. The number of pyridine rings is 1. The molecular formula is C14H20N2O4. The number of aliphatic hydroxyl groups is 1. The zero-order valence-corrected chi connectivity index (χ0v) is 11.6. The predicted molar refractivity (Wildman–Crippen MR) is 71.6 cm³/mol. The van der Waals surface area contributed by atoms with Gasteiger partial charge in [0, 0.05) is 12.1 Å². The van der Waals surface area contributed by atoms with Crippen LogP contribution in [0.2, 0.25) is 0 Å².